The largest absolute Gasteiger partial charge is 0.452 e. The van der Waals surface area contributed by atoms with E-state index in [0.29, 0.717) is 19.5 Å². The van der Waals surface area contributed by atoms with E-state index in [1.807, 2.05) is 42.5 Å². The second-order valence-corrected chi connectivity index (χ2v) is 7.42. The van der Waals surface area contributed by atoms with Crippen molar-refractivity contribution in [3.05, 3.63) is 66.0 Å². The van der Waals surface area contributed by atoms with Crippen LogP contribution in [0.15, 0.2) is 54.9 Å². The van der Waals surface area contributed by atoms with Crippen LogP contribution in [0.25, 0.3) is 0 Å². The van der Waals surface area contributed by atoms with Crippen LogP contribution in [0.4, 0.5) is 0 Å². The third-order valence-corrected chi connectivity index (χ3v) is 5.13. The van der Waals surface area contributed by atoms with Gasteiger partial charge in [-0.2, -0.15) is 0 Å². The summed E-state index contributed by atoms with van der Waals surface area (Å²) in [5.41, 5.74) is 1.93. The Morgan fingerprint density at radius 1 is 1.20 bits per heavy atom. The number of likely N-dealkylation sites (tertiary alicyclic amines) is 1. The number of nitrogens with zero attached hydrogens (tertiary/aromatic N) is 2. The van der Waals surface area contributed by atoms with Gasteiger partial charge in [0.2, 0.25) is 5.91 Å². The summed E-state index contributed by atoms with van der Waals surface area (Å²) in [7, 11) is 0. The van der Waals surface area contributed by atoms with Gasteiger partial charge in [-0.3, -0.25) is 19.4 Å². The molecule has 0 saturated carbocycles. The van der Waals surface area contributed by atoms with Gasteiger partial charge in [-0.15, -0.1) is 0 Å². The number of benzene rings is 1. The Kier molecular flexibility index (Phi) is 7.54. The van der Waals surface area contributed by atoms with Crippen molar-refractivity contribution in [2.75, 3.05) is 13.1 Å². The van der Waals surface area contributed by atoms with Crippen molar-refractivity contribution in [2.45, 2.75) is 44.8 Å². The molecule has 1 aliphatic heterocycles. The quantitative estimate of drug-likeness (QED) is 0.677. The van der Waals surface area contributed by atoms with Gasteiger partial charge in [0.25, 0.3) is 5.91 Å². The molecule has 1 aliphatic rings. The predicted molar refractivity (Wildman–Crippen MR) is 111 cm³/mol. The number of carbonyl (C=O) groups excluding carboxylic acids is 3. The number of esters is 1. The molecule has 1 aromatic heterocycles. The van der Waals surface area contributed by atoms with Crippen molar-refractivity contribution in [3.63, 3.8) is 0 Å². The second kappa shape index (κ2) is 10.5. The van der Waals surface area contributed by atoms with Crippen molar-refractivity contribution >= 4 is 17.8 Å². The minimum absolute atomic E-state index is 0.0234. The molecule has 1 aromatic carbocycles. The molecule has 1 fully saturated rings. The fraction of sp³-hybridized carbons (Fsp3) is 0.391. The van der Waals surface area contributed by atoms with E-state index in [2.05, 4.69) is 10.3 Å². The summed E-state index contributed by atoms with van der Waals surface area (Å²) < 4.78 is 5.53. The zero-order chi connectivity index (χ0) is 21.3. The standard InChI is InChI=1S/C23H27N3O4/c1-17(27)25-20(19-6-3-2-4-7-19)16-22(28)30-21-8-5-14-26(23(21)29)15-11-18-9-12-24-13-10-18/h2-4,6-7,9-10,12-13,20-21H,5,8,11,14-16H2,1H3,(H,25,27). The maximum Gasteiger partial charge on any atom is 0.309 e. The lowest BCUT2D eigenvalue weighted by atomic mass is 10.0. The van der Waals surface area contributed by atoms with Gasteiger partial charge < -0.3 is 15.0 Å². The van der Waals surface area contributed by atoms with Gasteiger partial charge in [0, 0.05) is 32.4 Å². The maximum absolute atomic E-state index is 12.8. The molecule has 3 rings (SSSR count). The van der Waals surface area contributed by atoms with Gasteiger partial charge in [0.1, 0.15) is 0 Å². The van der Waals surface area contributed by atoms with Gasteiger partial charge in [-0.25, -0.2) is 0 Å². The molecule has 158 valence electrons. The number of ether oxygens (including phenoxy) is 1. The number of nitrogens with one attached hydrogen (secondary N) is 1. The number of hydrogen-bond donors (Lipinski definition) is 1. The Morgan fingerprint density at radius 3 is 2.63 bits per heavy atom. The molecule has 2 atom stereocenters. The topological polar surface area (TPSA) is 88.6 Å². The van der Waals surface area contributed by atoms with E-state index in [1.54, 1.807) is 17.3 Å². The number of pyridine rings is 1. The number of amides is 2. The summed E-state index contributed by atoms with van der Waals surface area (Å²) in [6.07, 6.45) is 4.71. The summed E-state index contributed by atoms with van der Waals surface area (Å²) in [6, 6.07) is 12.6. The number of rotatable bonds is 8. The van der Waals surface area contributed by atoms with Crippen LogP contribution in [0.5, 0.6) is 0 Å². The lowest BCUT2D eigenvalue weighted by Crippen LogP contribution is -2.47. The molecular weight excluding hydrogens is 382 g/mol. The van der Waals surface area contributed by atoms with Gasteiger partial charge >= 0.3 is 5.97 Å². The maximum atomic E-state index is 12.8. The minimum atomic E-state index is -0.766. The van der Waals surface area contributed by atoms with Crippen molar-refractivity contribution in [1.29, 1.82) is 0 Å². The number of piperidine rings is 1. The SMILES string of the molecule is CC(=O)NC(CC(=O)OC1CCCN(CCc2ccncc2)C1=O)c1ccccc1. The third kappa shape index (κ3) is 6.14. The highest BCUT2D eigenvalue weighted by molar-refractivity contribution is 5.85. The summed E-state index contributed by atoms with van der Waals surface area (Å²) in [6.45, 7) is 2.65. The summed E-state index contributed by atoms with van der Waals surface area (Å²) >= 11 is 0. The van der Waals surface area contributed by atoms with Crippen LogP contribution in [0.3, 0.4) is 0 Å². The van der Waals surface area contributed by atoms with E-state index in [9.17, 15) is 14.4 Å². The van der Waals surface area contributed by atoms with Crippen LogP contribution in [-0.4, -0.2) is 46.9 Å². The van der Waals surface area contributed by atoms with Crippen molar-refractivity contribution in [3.8, 4) is 0 Å². The number of hydrogen-bond acceptors (Lipinski definition) is 5. The molecule has 1 N–H and O–H groups in total. The first-order chi connectivity index (χ1) is 14.5. The molecule has 2 heterocycles. The normalized spacial score (nSPS) is 17.3. The molecule has 0 radical (unpaired) electrons. The van der Waals surface area contributed by atoms with Gasteiger partial charge in [0.05, 0.1) is 12.5 Å². The number of aromatic nitrogens is 1. The van der Waals surface area contributed by atoms with E-state index < -0.39 is 18.1 Å². The van der Waals surface area contributed by atoms with Crippen molar-refractivity contribution < 1.29 is 19.1 Å². The zero-order valence-corrected chi connectivity index (χ0v) is 17.1. The smallest absolute Gasteiger partial charge is 0.309 e. The summed E-state index contributed by atoms with van der Waals surface area (Å²) in [5.74, 6) is -0.876. The highest BCUT2D eigenvalue weighted by atomic mass is 16.5. The lowest BCUT2D eigenvalue weighted by molar-refractivity contribution is -0.163. The van der Waals surface area contributed by atoms with E-state index in [4.69, 9.17) is 4.74 Å². The average Bonchev–Trinajstić information content (AvgIpc) is 2.75. The van der Waals surface area contributed by atoms with Crippen LogP contribution < -0.4 is 5.32 Å². The molecule has 2 amide bonds. The number of carbonyl (C=O) groups is 3. The van der Waals surface area contributed by atoms with Crippen LogP contribution in [0, 0.1) is 0 Å². The Hall–Kier alpha value is -3.22. The van der Waals surface area contributed by atoms with Crippen molar-refractivity contribution in [2.24, 2.45) is 0 Å². The molecular formula is C23H27N3O4. The molecule has 0 aliphatic carbocycles. The first-order valence-electron chi connectivity index (χ1n) is 10.2. The van der Waals surface area contributed by atoms with Gasteiger partial charge in [-0.05, 0) is 42.5 Å². The molecule has 0 spiro atoms. The zero-order valence-electron chi connectivity index (χ0n) is 17.1. The van der Waals surface area contributed by atoms with E-state index in [1.165, 1.54) is 6.92 Å². The van der Waals surface area contributed by atoms with Crippen LogP contribution in [0.2, 0.25) is 0 Å². The fourth-order valence-corrected chi connectivity index (χ4v) is 3.61. The van der Waals surface area contributed by atoms with Crippen LogP contribution in [0.1, 0.15) is 43.4 Å². The Balaban J connectivity index is 1.56. The van der Waals surface area contributed by atoms with Crippen LogP contribution >= 0.6 is 0 Å². The van der Waals surface area contributed by atoms with Crippen LogP contribution in [-0.2, 0) is 25.5 Å². The lowest BCUT2D eigenvalue weighted by Gasteiger charge is -2.32. The molecule has 7 heteroatoms. The molecule has 0 bridgehead atoms. The Labute approximate surface area is 176 Å². The van der Waals surface area contributed by atoms with E-state index in [-0.39, 0.29) is 18.2 Å². The van der Waals surface area contributed by atoms with E-state index >= 15 is 0 Å². The first kappa shape index (κ1) is 21.5. The fourth-order valence-electron chi connectivity index (χ4n) is 3.61. The molecule has 7 nitrogen and oxygen atoms in total. The summed E-state index contributed by atoms with van der Waals surface area (Å²) in [4.78, 5) is 42.6. The van der Waals surface area contributed by atoms with Crippen molar-refractivity contribution in [1.82, 2.24) is 15.2 Å². The highest BCUT2D eigenvalue weighted by Gasteiger charge is 2.32. The van der Waals surface area contributed by atoms with Gasteiger partial charge in [-0.1, -0.05) is 30.3 Å². The molecule has 2 unspecified atom stereocenters. The average molecular weight is 409 g/mol. The molecule has 2 aromatic rings. The molecule has 30 heavy (non-hydrogen) atoms. The first-order valence-corrected chi connectivity index (χ1v) is 10.2. The predicted octanol–water partition coefficient (Wildman–Crippen LogP) is 2.43. The monoisotopic (exact) mass is 409 g/mol. The van der Waals surface area contributed by atoms with Gasteiger partial charge in [0.15, 0.2) is 6.10 Å². The summed E-state index contributed by atoms with van der Waals surface area (Å²) in [5, 5.41) is 2.78. The second-order valence-electron chi connectivity index (χ2n) is 7.42. The van der Waals surface area contributed by atoms with E-state index in [0.717, 1.165) is 24.0 Å². The highest BCUT2D eigenvalue weighted by Crippen LogP contribution is 2.20. The molecule has 1 saturated heterocycles. The minimum Gasteiger partial charge on any atom is -0.452 e. The Bertz CT molecular complexity index is 857. The Morgan fingerprint density at radius 2 is 1.93 bits per heavy atom. The third-order valence-electron chi connectivity index (χ3n) is 5.13.